The number of thiocarbonyl (C=S) groups is 1. The van der Waals surface area contributed by atoms with Gasteiger partial charge in [0.05, 0.1) is 28.0 Å². The summed E-state index contributed by atoms with van der Waals surface area (Å²) < 4.78 is 41.9. The molecule has 1 aliphatic carbocycles. The van der Waals surface area contributed by atoms with E-state index >= 15 is 0 Å². The maximum absolute atomic E-state index is 14.4. The monoisotopic (exact) mass is 685 g/mol. The van der Waals surface area contributed by atoms with E-state index in [9.17, 15) is 27.6 Å². The predicted molar refractivity (Wildman–Crippen MR) is 185 cm³/mol. The highest BCUT2D eigenvalue weighted by molar-refractivity contribution is 7.80. The molecule has 3 aromatic rings. The smallest absolute Gasteiger partial charge is 0.392 e. The van der Waals surface area contributed by atoms with Crippen LogP contribution in [0.4, 0.5) is 13.2 Å². The van der Waals surface area contributed by atoms with Crippen molar-refractivity contribution in [3.05, 3.63) is 70.9 Å². The van der Waals surface area contributed by atoms with Gasteiger partial charge in [-0.2, -0.15) is 13.2 Å². The Hall–Kier alpha value is -3.93. The highest BCUT2D eigenvalue weighted by atomic mass is 32.1. The van der Waals surface area contributed by atoms with Crippen LogP contribution in [0, 0.1) is 11.8 Å². The van der Waals surface area contributed by atoms with E-state index in [1.54, 1.807) is 6.07 Å². The number of amides is 3. The van der Waals surface area contributed by atoms with Crippen LogP contribution in [0.5, 0.6) is 0 Å². The number of nitrogens with two attached hydrogens (primary N) is 1. The minimum absolute atomic E-state index is 0.0607. The van der Waals surface area contributed by atoms with Crippen molar-refractivity contribution in [2.24, 2.45) is 17.6 Å². The molecule has 260 valence electrons. The zero-order chi connectivity index (χ0) is 35.4. The average Bonchev–Trinajstić information content (AvgIpc) is 3.43. The van der Waals surface area contributed by atoms with E-state index in [-0.39, 0.29) is 47.5 Å². The summed E-state index contributed by atoms with van der Waals surface area (Å²) in [5.74, 6) is -2.30. The molecule has 0 aliphatic heterocycles. The first-order valence-corrected chi connectivity index (χ1v) is 17.0. The van der Waals surface area contributed by atoms with Gasteiger partial charge < -0.3 is 26.7 Å². The number of alkyl halides is 3. The number of carbonyl (C=O) groups is 3. The largest absolute Gasteiger partial charge is 0.418 e. The average molecular weight is 686 g/mol. The van der Waals surface area contributed by atoms with E-state index in [2.05, 4.69) is 20.9 Å². The van der Waals surface area contributed by atoms with Gasteiger partial charge in [-0.25, -0.2) is 0 Å². The van der Waals surface area contributed by atoms with Gasteiger partial charge in [-0.05, 0) is 48.3 Å². The summed E-state index contributed by atoms with van der Waals surface area (Å²) in [6.45, 7) is 9.50. The number of benzene rings is 2. The van der Waals surface area contributed by atoms with E-state index in [0.717, 1.165) is 11.6 Å². The molecule has 4 rings (SSSR count). The topological polar surface area (TPSA) is 129 Å². The molecule has 3 amide bonds. The molecule has 0 radical (unpaired) electrons. The van der Waals surface area contributed by atoms with Gasteiger partial charge in [-0.15, -0.1) is 0 Å². The molecule has 48 heavy (non-hydrogen) atoms. The zero-order valence-corrected chi connectivity index (χ0v) is 28.9. The maximum atomic E-state index is 14.4. The van der Waals surface area contributed by atoms with Gasteiger partial charge in [0.2, 0.25) is 17.7 Å². The van der Waals surface area contributed by atoms with Crippen molar-refractivity contribution < 1.29 is 27.6 Å². The van der Waals surface area contributed by atoms with Gasteiger partial charge in [0, 0.05) is 17.5 Å². The lowest BCUT2D eigenvalue weighted by Crippen LogP contribution is -2.67. The minimum atomic E-state index is -4.59. The molecule has 6 atom stereocenters. The van der Waals surface area contributed by atoms with Crippen molar-refractivity contribution in [3.63, 3.8) is 0 Å². The van der Waals surface area contributed by atoms with Crippen LogP contribution in [0.15, 0.2) is 48.5 Å². The molecule has 0 bridgehead atoms. The van der Waals surface area contributed by atoms with Crippen LogP contribution in [0.3, 0.4) is 0 Å². The van der Waals surface area contributed by atoms with Crippen LogP contribution in [0.2, 0.25) is 0 Å². The second-order valence-corrected chi connectivity index (χ2v) is 13.5. The molecule has 1 heterocycles. The Morgan fingerprint density at radius 1 is 0.917 bits per heavy atom. The van der Waals surface area contributed by atoms with Gasteiger partial charge >= 0.3 is 6.18 Å². The van der Waals surface area contributed by atoms with E-state index in [0.29, 0.717) is 35.9 Å². The quantitative estimate of drug-likeness (QED) is 0.140. The summed E-state index contributed by atoms with van der Waals surface area (Å²) >= 11 is 5.30. The number of hydrogen-bond donors (Lipinski definition) is 5. The Morgan fingerprint density at radius 3 is 2.15 bits per heavy atom. The van der Waals surface area contributed by atoms with Crippen LogP contribution in [-0.4, -0.2) is 45.3 Å². The van der Waals surface area contributed by atoms with Gasteiger partial charge in [0.25, 0.3) is 0 Å². The van der Waals surface area contributed by atoms with E-state index in [1.807, 2.05) is 65.0 Å². The number of hydrogen-bond acceptors (Lipinski definition) is 4. The summed E-state index contributed by atoms with van der Waals surface area (Å²) in [5, 5.41) is 9.26. The number of rotatable bonds is 13. The van der Waals surface area contributed by atoms with Crippen LogP contribution in [0.25, 0.3) is 10.9 Å². The molecule has 8 nitrogen and oxygen atoms in total. The third-order valence-corrected chi connectivity index (χ3v) is 10.2. The number of fused-ring (bicyclic) bond motifs is 3. The number of nitrogens with one attached hydrogen (secondary N) is 4. The Balaban J connectivity index is 1.75. The first-order valence-electron chi connectivity index (χ1n) is 16.6. The number of aromatic nitrogens is 1. The molecule has 0 saturated carbocycles. The third kappa shape index (κ3) is 7.69. The lowest BCUT2D eigenvalue weighted by atomic mass is 9.78. The van der Waals surface area contributed by atoms with Gasteiger partial charge in [0.15, 0.2) is 0 Å². The molecule has 0 spiro atoms. The second-order valence-electron chi connectivity index (χ2n) is 13.0. The van der Waals surface area contributed by atoms with E-state index in [1.165, 1.54) is 6.07 Å². The van der Waals surface area contributed by atoms with Gasteiger partial charge in [0.1, 0.15) is 11.6 Å². The first kappa shape index (κ1) is 36.9. The second kappa shape index (κ2) is 15.1. The van der Waals surface area contributed by atoms with Crippen LogP contribution in [0.1, 0.15) is 88.6 Å². The number of aryl methyl sites for hydroxylation is 1. The number of H-pyrrole nitrogens is 1. The molecule has 1 aromatic heterocycles. The van der Waals surface area contributed by atoms with Gasteiger partial charge in [-0.3, -0.25) is 14.4 Å². The molecular formula is C36H46F3N5O3S. The molecule has 1 aliphatic rings. The molecule has 6 N–H and O–H groups in total. The minimum Gasteiger partial charge on any atom is -0.392 e. The normalized spacial score (nSPS) is 19.3. The summed E-state index contributed by atoms with van der Waals surface area (Å²) in [6, 6.07) is 11.6. The Labute approximate surface area is 285 Å². The maximum Gasteiger partial charge on any atom is 0.418 e. The molecule has 0 fully saturated rings. The van der Waals surface area contributed by atoms with Crippen molar-refractivity contribution in [3.8, 4) is 0 Å². The number of carbonyl (C=O) groups excluding carboxylic acids is 3. The fourth-order valence-corrected chi connectivity index (χ4v) is 6.89. The standard InChI is InChI=1S/C36H46F3N5O3S/c1-6-20(4)28(31(40)48)43-34(47)35(18-17-27-25(19-35)24-15-12-16-26(30(24)41-27)36(37,38)39)44-33(46)29(21(5)7-2)42-32(45)23(8-3)22-13-10-9-11-14-22/h9-16,20-21,23,28-29,41H,6-8,17-19H2,1-5H3,(H2,40,48)(H,42,45)(H,43,47)(H,44,46)/t20-,21?,23+,28?,29-,35+/m0/s1. The fraction of sp³-hybridized carbons (Fsp3) is 0.500. The van der Waals surface area contributed by atoms with E-state index < -0.39 is 47.1 Å². The first-order chi connectivity index (χ1) is 22.7. The summed E-state index contributed by atoms with van der Waals surface area (Å²) in [5.41, 5.74) is 5.54. The fourth-order valence-electron chi connectivity index (χ4n) is 6.60. The number of halogens is 3. The van der Waals surface area contributed by atoms with Crippen molar-refractivity contribution in [1.82, 2.24) is 20.9 Å². The van der Waals surface area contributed by atoms with Crippen LogP contribution in [-0.2, 0) is 33.4 Å². The van der Waals surface area contributed by atoms with Crippen molar-refractivity contribution in [1.29, 1.82) is 0 Å². The van der Waals surface area contributed by atoms with Crippen LogP contribution < -0.4 is 21.7 Å². The Kier molecular flexibility index (Phi) is 11.6. The number of para-hydroxylation sites is 1. The Morgan fingerprint density at radius 2 is 1.56 bits per heavy atom. The zero-order valence-electron chi connectivity index (χ0n) is 28.1. The molecule has 2 aromatic carbocycles. The summed E-state index contributed by atoms with van der Waals surface area (Å²) in [4.78, 5) is 45.4. The lowest BCUT2D eigenvalue weighted by Gasteiger charge is -2.40. The van der Waals surface area contributed by atoms with Gasteiger partial charge in [-0.1, -0.05) is 102 Å². The third-order valence-electron chi connectivity index (χ3n) is 9.94. The predicted octanol–water partition coefficient (Wildman–Crippen LogP) is 6.07. The molecular weight excluding hydrogens is 639 g/mol. The van der Waals surface area contributed by atoms with Crippen molar-refractivity contribution >= 4 is 45.8 Å². The number of aromatic amines is 1. The summed E-state index contributed by atoms with van der Waals surface area (Å²) in [6.07, 6.45) is -2.64. The molecule has 12 heteroatoms. The molecule has 0 saturated heterocycles. The Bertz CT molecular complexity index is 1640. The SMILES string of the molecule is CCC(C)[C@H](NC(=O)[C@H](CC)c1ccccc1)C(=O)N[C@]1(C(=O)NC(C(N)=S)[C@@H](C)CC)CCc2[nH]c3c(C(F)(F)F)cccc3c2C1. The highest BCUT2D eigenvalue weighted by Gasteiger charge is 2.47. The summed E-state index contributed by atoms with van der Waals surface area (Å²) in [7, 11) is 0. The van der Waals surface area contributed by atoms with Crippen LogP contribution >= 0.6 is 12.2 Å². The van der Waals surface area contributed by atoms with E-state index in [4.69, 9.17) is 18.0 Å². The lowest BCUT2D eigenvalue weighted by molar-refractivity contribution is -0.137. The molecule has 2 unspecified atom stereocenters. The van der Waals surface area contributed by atoms with Crippen molar-refractivity contribution in [2.75, 3.05) is 0 Å². The highest BCUT2D eigenvalue weighted by Crippen LogP contribution is 2.40. The van der Waals surface area contributed by atoms with Crippen molar-refractivity contribution in [2.45, 2.75) is 103 Å².